The van der Waals surface area contributed by atoms with Crippen molar-refractivity contribution in [2.24, 2.45) is 0 Å². The summed E-state index contributed by atoms with van der Waals surface area (Å²) in [6, 6.07) is 15.0. The molecule has 0 aromatic heterocycles. The van der Waals surface area contributed by atoms with E-state index in [0.29, 0.717) is 24.3 Å². The molecule has 2 aromatic carbocycles. The van der Waals surface area contributed by atoms with Gasteiger partial charge in [-0.1, -0.05) is 38.1 Å². The van der Waals surface area contributed by atoms with Gasteiger partial charge in [-0.2, -0.15) is 0 Å². The molecule has 0 N–H and O–H groups in total. The minimum absolute atomic E-state index is 0.245. The molecule has 0 saturated heterocycles. The number of hydrogen-bond acceptors (Lipinski definition) is 4. The van der Waals surface area contributed by atoms with Crippen molar-refractivity contribution in [2.75, 3.05) is 0 Å². The smallest absolute Gasteiger partial charge is 0.310 e. The number of carbonyl (C=O) groups is 2. The first-order valence-electron chi connectivity index (χ1n) is 8.74. The highest BCUT2D eigenvalue weighted by atomic mass is 16.5. The molecule has 0 aliphatic heterocycles. The molecule has 0 fully saturated rings. The molecule has 4 heteroatoms. The first-order valence-corrected chi connectivity index (χ1v) is 8.74. The van der Waals surface area contributed by atoms with Gasteiger partial charge in [-0.3, -0.25) is 9.59 Å². The van der Waals surface area contributed by atoms with Crippen molar-refractivity contribution >= 4 is 23.1 Å². The van der Waals surface area contributed by atoms with E-state index in [0.717, 1.165) is 22.3 Å². The number of ether oxygens (including phenoxy) is 2. The van der Waals surface area contributed by atoms with Gasteiger partial charge in [0.25, 0.3) is 0 Å². The Hall–Kier alpha value is -2.88. The molecule has 0 saturated carbocycles. The van der Waals surface area contributed by atoms with Gasteiger partial charge >= 0.3 is 11.9 Å². The number of benzene rings is 2. The minimum Gasteiger partial charge on any atom is -0.427 e. The zero-order valence-electron chi connectivity index (χ0n) is 15.7. The van der Waals surface area contributed by atoms with Crippen LogP contribution in [0.3, 0.4) is 0 Å². The maximum Gasteiger partial charge on any atom is 0.310 e. The SMILES string of the molecule is CCC(=O)Oc1ccc(/C(C)=C(\C)c2ccc(OC(=O)CC)cc2)cc1. The second-order valence-corrected chi connectivity index (χ2v) is 5.95. The number of rotatable bonds is 6. The lowest BCUT2D eigenvalue weighted by atomic mass is 9.97. The van der Waals surface area contributed by atoms with Crippen LogP contribution in [0.15, 0.2) is 48.5 Å². The third-order valence-corrected chi connectivity index (χ3v) is 4.18. The van der Waals surface area contributed by atoms with Crippen molar-refractivity contribution in [3.63, 3.8) is 0 Å². The maximum absolute atomic E-state index is 11.3. The molecule has 0 unspecified atom stereocenters. The summed E-state index contributed by atoms with van der Waals surface area (Å²) in [6.07, 6.45) is 0.701. The minimum atomic E-state index is -0.245. The average molecular weight is 352 g/mol. The van der Waals surface area contributed by atoms with Crippen molar-refractivity contribution in [1.29, 1.82) is 0 Å². The van der Waals surface area contributed by atoms with E-state index >= 15 is 0 Å². The number of carbonyl (C=O) groups excluding carboxylic acids is 2. The Morgan fingerprint density at radius 1 is 0.654 bits per heavy atom. The molecule has 4 nitrogen and oxygen atoms in total. The average Bonchev–Trinajstić information content (AvgIpc) is 2.67. The summed E-state index contributed by atoms with van der Waals surface area (Å²) in [5.41, 5.74) is 4.36. The van der Waals surface area contributed by atoms with Crippen LogP contribution >= 0.6 is 0 Å². The van der Waals surface area contributed by atoms with Crippen LogP contribution < -0.4 is 9.47 Å². The fourth-order valence-corrected chi connectivity index (χ4v) is 2.39. The Morgan fingerprint density at radius 3 is 1.23 bits per heavy atom. The van der Waals surface area contributed by atoms with Crippen LogP contribution in [0, 0.1) is 0 Å². The maximum atomic E-state index is 11.3. The molecule has 0 heterocycles. The largest absolute Gasteiger partial charge is 0.427 e. The third kappa shape index (κ3) is 5.06. The lowest BCUT2D eigenvalue weighted by Gasteiger charge is -2.11. The van der Waals surface area contributed by atoms with E-state index in [1.54, 1.807) is 38.1 Å². The monoisotopic (exact) mass is 352 g/mol. The Bertz CT molecular complexity index is 730. The Balaban J connectivity index is 2.17. The molecule has 0 aliphatic carbocycles. The van der Waals surface area contributed by atoms with Crippen molar-refractivity contribution in [2.45, 2.75) is 40.5 Å². The van der Waals surface area contributed by atoms with Gasteiger partial charge in [0.05, 0.1) is 0 Å². The molecule has 0 spiro atoms. The second-order valence-electron chi connectivity index (χ2n) is 5.95. The fraction of sp³-hybridized carbons (Fsp3) is 0.273. The van der Waals surface area contributed by atoms with Crippen LogP contribution in [0.1, 0.15) is 51.7 Å². The van der Waals surface area contributed by atoms with E-state index in [1.807, 2.05) is 38.1 Å². The molecule has 26 heavy (non-hydrogen) atoms. The van der Waals surface area contributed by atoms with E-state index in [9.17, 15) is 9.59 Å². The van der Waals surface area contributed by atoms with Gasteiger partial charge < -0.3 is 9.47 Å². The van der Waals surface area contributed by atoms with Gasteiger partial charge in [0.2, 0.25) is 0 Å². The molecular weight excluding hydrogens is 328 g/mol. The summed E-state index contributed by atoms with van der Waals surface area (Å²) in [5.74, 6) is 0.608. The molecule has 2 rings (SSSR count). The van der Waals surface area contributed by atoms with E-state index < -0.39 is 0 Å². The van der Waals surface area contributed by atoms with Crippen LogP contribution in [-0.2, 0) is 9.59 Å². The topological polar surface area (TPSA) is 52.6 Å². The van der Waals surface area contributed by atoms with Crippen LogP contribution in [0.25, 0.3) is 11.1 Å². The molecule has 0 radical (unpaired) electrons. The van der Waals surface area contributed by atoms with Crippen LogP contribution in [0.5, 0.6) is 11.5 Å². The van der Waals surface area contributed by atoms with Crippen molar-refractivity contribution in [3.05, 3.63) is 59.7 Å². The Labute approximate surface area is 154 Å². The van der Waals surface area contributed by atoms with E-state index in [-0.39, 0.29) is 11.9 Å². The first-order chi connectivity index (χ1) is 12.4. The van der Waals surface area contributed by atoms with Crippen molar-refractivity contribution < 1.29 is 19.1 Å². The molecule has 0 atom stereocenters. The zero-order chi connectivity index (χ0) is 19.1. The predicted octanol–water partition coefficient (Wildman–Crippen LogP) is 5.27. The van der Waals surface area contributed by atoms with E-state index in [2.05, 4.69) is 0 Å². The summed E-state index contributed by atoms with van der Waals surface area (Å²) < 4.78 is 10.4. The number of allylic oxidation sites excluding steroid dienone is 2. The summed E-state index contributed by atoms with van der Waals surface area (Å²) in [7, 11) is 0. The predicted molar refractivity (Wildman–Crippen MR) is 103 cm³/mol. The van der Waals surface area contributed by atoms with Gasteiger partial charge in [0, 0.05) is 12.8 Å². The lowest BCUT2D eigenvalue weighted by Crippen LogP contribution is -2.05. The first kappa shape index (κ1) is 19.4. The standard InChI is InChI=1S/C22H24O4/c1-5-21(23)25-19-11-7-17(8-12-19)15(3)16(4)18-9-13-20(14-10-18)26-22(24)6-2/h7-14H,5-6H2,1-4H3/b16-15+. The molecule has 0 amide bonds. The summed E-state index contributed by atoms with van der Waals surface area (Å²) in [4.78, 5) is 22.7. The highest BCUT2D eigenvalue weighted by Gasteiger charge is 2.07. The van der Waals surface area contributed by atoms with E-state index in [4.69, 9.17) is 9.47 Å². The molecule has 0 aliphatic rings. The fourth-order valence-electron chi connectivity index (χ4n) is 2.39. The van der Waals surface area contributed by atoms with Crippen molar-refractivity contribution in [1.82, 2.24) is 0 Å². The van der Waals surface area contributed by atoms with Gasteiger partial charge in [-0.15, -0.1) is 0 Å². The van der Waals surface area contributed by atoms with Gasteiger partial charge in [-0.05, 0) is 60.4 Å². The zero-order valence-corrected chi connectivity index (χ0v) is 15.7. The summed E-state index contributed by atoms with van der Waals surface area (Å²) in [5, 5.41) is 0. The normalized spacial score (nSPS) is 11.5. The number of esters is 2. The molecule has 2 aromatic rings. The lowest BCUT2D eigenvalue weighted by molar-refractivity contribution is -0.134. The van der Waals surface area contributed by atoms with Crippen molar-refractivity contribution in [3.8, 4) is 11.5 Å². The molecule has 0 bridgehead atoms. The molecule has 136 valence electrons. The summed E-state index contributed by atoms with van der Waals surface area (Å²) >= 11 is 0. The van der Waals surface area contributed by atoms with Gasteiger partial charge in [0.1, 0.15) is 11.5 Å². The van der Waals surface area contributed by atoms with E-state index in [1.165, 1.54) is 0 Å². The van der Waals surface area contributed by atoms with Gasteiger partial charge in [0.15, 0.2) is 0 Å². The Morgan fingerprint density at radius 2 is 0.962 bits per heavy atom. The van der Waals surface area contributed by atoms with Crippen LogP contribution in [-0.4, -0.2) is 11.9 Å². The van der Waals surface area contributed by atoms with Crippen LogP contribution in [0.4, 0.5) is 0 Å². The third-order valence-electron chi connectivity index (χ3n) is 4.18. The Kier molecular flexibility index (Phi) is 6.73. The number of hydrogen-bond donors (Lipinski definition) is 0. The molecular formula is C22H24O4. The second kappa shape index (κ2) is 8.99. The quantitative estimate of drug-likeness (QED) is 0.404. The van der Waals surface area contributed by atoms with Crippen LogP contribution in [0.2, 0.25) is 0 Å². The highest BCUT2D eigenvalue weighted by Crippen LogP contribution is 2.28. The van der Waals surface area contributed by atoms with Gasteiger partial charge in [-0.25, -0.2) is 0 Å². The summed E-state index contributed by atoms with van der Waals surface area (Å²) in [6.45, 7) is 7.63. The highest BCUT2D eigenvalue weighted by molar-refractivity contribution is 5.89.